The first-order valence-corrected chi connectivity index (χ1v) is 8.69. The summed E-state index contributed by atoms with van der Waals surface area (Å²) in [4.78, 5) is 27.9. The van der Waals surface area contributed by atoms with E-state index in [1.165, 1.54) is 0 Å². The normalized spacial score (nSPS) is 10.4. The maximum Gasteiger partial charge on any atom is 0.318 e. The zero-order valence-corrected chi connectivity index (χ0v) is 14.5. The van der Waals surface area contributed by atoms with Gasteiger partial charge in [-0.15, -0.1) is 11.3 Å². The van der Waals surface area contributed by atoms with Crippen LogP contribution < -0.4 is 16.0 Å². The van der Waals surface area contributed by atoms with Crippen LogP contribution in [0.15, 0.2) is 48.5 Å². The number of fused-ring (bicyclic) bond motifs is 1. The Morgan fingerprint density at radius 3 is 2.36 bits per heavy atom. The first-order valence-electron chi connectivity index (χ1n) is 7.87. The van der Waals surface area contributed by atoms with Gasteiger partial charge in [0.1, 0.15) is 0 Å². The van der Waals surface area contributed by atoms with E-state index < -0.39 is 0 Å². The van der Waals surface area contributed by atoms with E-state index in [1.54, 1.807) is 42.6 Å². The molecule has 128 valence electrons. The fraction of sp³-hybridized carbons (Fsp3) is 0.167. The lowest BCUT2D eigenvalue weighted by Gasteiger charge is -2.07. The number of urea groups is 1. The second-order valence-corrected chi connectivity index (χ2v) is 6.52. The van der Waals surface area contributed by atoms with Crippen LogP contribution in [0.25, 0.3) is 10.2 Å². The number of nitrogens with one attached hydrogen (secondary N) is 3. The number of benzene rings is 2. The van der Waals surface area contributed by atoms with Crippen molar-refractivity contribution in [1.29, 1.82) is 0 Å². The molecule has 7 heteroatoms. The van der Waals surface area contributed by atoms with Crippen LogP contribution in [-0.2, 0) is 11.2 Å². The SMILES string of the molecule is CNC(=O)Nc1ccc(NC(=O)CCc2nc3ccccc3s2)cc1. The molecule has 0 aliphatic rings. The van der Waals surface area contributed by atoms with E-state index in [1.807, 2.05) is 24.3 Å². The Morgan fingerprint density at radius 1 is 1.00 bits per heavy atom. The number of aryl methyl sites for hydroxylation is 1. The highest BCUT2D eigenvalue weighted by Gasteiger charge is 2.07. The fourth-order valence-corrected chi connectivity index (χ4v) is 3.27. The van der Waals surface area contributed by atoms with Crippen LogP contribution in [0.1, 0.15) is 11.4 Å². The summed E-state index contributed by atoms with van der Waals surface area (Å²) in [6, 6.07) is 14.6. The van der Waals surface area contributed by atoms with E-state index in [2.05, 4.69) is 20.9 Å². The molecule has 1 heterocycles. The van der Waals surface area contributed by atoms with E-state index in [-0.39, 0.29) is 11.9 Å². The number of hydrogen-bond donors (Lipinski definition) is 3. The molecule has 1 aromatic heterocycles. The number of carbonyl (C=O) groups excluding carboxylic acids is 2. The lowest BCUT2D eigenvalue weighted by molar-refractivity contribution is -0.116. The van der Waals surface area contributed by atoms with E-state index in [9.17, 15) is 9.59 Å². The highest BCUT2D eigenvalue weighted by Crippen LogP contribution is 2.22. The summed E-state index contributed by atoms with van der Waals surface area (Å²) >= 11 is 1.62. The van der Waals surface area contributed by atoms with E-state index in [0.29, 0.717) is 24.2 Å². The second kappa shape index (κ2) is 7.76. The third-order valence-electron chi connectivity index (χ3n) is 3.56. The molecular formula is C18H18N4O2S. The summed E-state index contributed by atoms with van der Waals surface area (Å²) in [7, 11) is 1.55. The minimum Gasteiger partial charge on any atom is -0.341 e. The number of amides is 3. The molecule has 0 unspecified atom stereocenters. The van der Waals surface area contributed by atoms with Gasteiger partial charge in [0.15, 0.2) is 0 Å². The molecule has 0 radical (unpaired) electrons. The van der Waals surface area contributed by atoms with Crippen molar-refractivity contribution in [2.45, 2.75) is 12.8 Å². The minimum absolute atomic E-state index is 0.0636. The largest absolute Gasteiger partial charge is 0.341 e. The van der Waals surface area contributed by atoms with Gasteiger partial charge in [-0.2, -0.15) is 0 Å². The van der Waals surface area contributed by atoms with Crippen molar-refractivity contribution in [3.63, 3.8) is 0 Å². The van der Waals surface area contributed by atoms with Gasteiger partial charge in [0.25, 0.3) is 0 Å². The monoisotopic (exact) mass is 354 g/mol. The molecule has 0 spiro atoms. The summed E-state index contributed by atoms with van der Waals surface area (Å²) < 4.78 is 1.14. The first kappa shape index (κ1) is 16.9. The lowest BCUT2D eigenvalue weighted by atomic mass is 10.2. The van der Waals surface area contributed by atoms with Gasteiger partial charge in [0, 0.05) is 31.3 Å². The average molecular weight is 354 g/mol. The number of aromatic nitrogens is 1. The van der Waals surface area contributed by atoms with E-state index >= 15 is 0 Å². The second-order valence-electron chi connectivity index (χ2n) is 5.40. The number of para-hydroxylation sites is 1. The quantitative estimate of drug-likeness (QED) is 0.654. The van der Waals surface area contributed by atoms with Crippen molar-refractivity contribution in [3.05, 3.63) is 53.5 Å². The Hall–Kier alpha value is -2.93. The number of anilines is 2. The smallest absolute Gasteiger partial charge is 0.318 e. The Kier molecular flexibility index (Phi) is 5.25. The van der Waals surface area contributed by atoms with Gasteiger partial charge in [-0.25, -0.2) is 9.78 Å². The third-order valence-corrected chi connectivity index (χ3v) is 4.65. The molecule has 0 aliphatic carbocycles. The average Bonchev–Trinajstić information content (AvgIpc) is 3.04. The molecule has 0 atom stereocenters. The molecule has 0 fully saturated rings. The Labute approximate surface area is 149 Å². The minimum atomic E-state index is -0.285. The van der Waals surface area contributed by atoms with Crippen molar-refractivity contribution in [2.24, 2.45) is 0 Å². The standard InChI is InChI=1S/C18H18N4O2S/c1-19-18(24)21-13-8-6-12(7-9-13)20-16(23)10-11-17-22-14-4-2-3-5-15(14)25-17/h2-9H,10-11H2,1H3,(H,20,23)(H2,19,21,24). The van der Waals surface area contributed by atoms with Gasteiger partial charge >= 0.3 is 6.03 Å². The maximum absolute atomic E-state index is 12.1. The van der Waals surface area contributed by atoms with Crippen LogP contribution in [-0.4, -0.2) is 24.0 Å². The molecule has 0 bridgehead atoms. The van der Waals surface area contributed by atoms with E-state index in [0.717, 1.165) is 15.2 Å². The molecule has 0 saturated carbocycles. The van der Waals surface area contributed by atoms with Crippen molar-refractivity contribution >= 4 is 44.9 Å². The molecule has 3 rings (SSSR count). The molecule has 0 aliphatic heterocycles. The van der Waals surface area contributed by atoms with Gasteiger partial charge < -0.3 is 16.0 Å². The summed E-state index contributed by atoms with van der Waals surface area (Å²) in [5.41, 5.74) is 2.32. The van der Waals surface area contributed by atoms with Crippen molar-refractivity contribution in [2.75, 3.05) is 17.7 Å². The maximum atomic E-state index is 12.1. The summed E-state index contributed by atoms with van der Waals surface area (Å²) in [6.07, 6.45) is 0.986. The molecular weight excluding hydrogens is 336 g/mol. The first-order chi connectivity index (χ1) is 12.1. The third kappa shape index (κ3) is 4.54. The molecule has 3 N–H and O–H groups in total. The Balaban J connectivity index is 1.52. The van der Waals surface area contributed by atoms with Crippen molar-refractivity contribution in [1.82, 2.24) is 10.3 Å². The van der Waals surface area contributed by atoms with Gasteiger partial charge in [-0.1, -0.05) is 12.1 Å². The predicted octanol–water partition coefficient (Wildman–Crippen LogP) is 3.62. The zero-order chi connectivity index (χ0) is 17.6. The van der Waals surface area contributed by atoms with Gasteiger partial charge in [-0.3, -0.25) is 4.79 Å². The molecule has 3 aromatic rings. The van der Waals surface area contributed by atoms with Crippen LogP contribution in [0.3, 0.4) is 0 Å². The molecule has 2 aromatic carbocycles. The lowest BCUT2D eigenvalue weighted by Crippen LogP contribution is -2.24. The highest BCUT2D eigenvalue weighted by molar-refractivity contribution is 7.18. The number of carbonyl (C=O) groups is 2. The van der Waals surface area contributed by atoms with Gasteiger partial charge in [-0.05, 0) is 36.4 Å². The molecule has 0 saturated heterocycles. The Morgan fingerprint density at radius 2 is 1.68 bits per heavy atom. The number of hydrogen-bond acceptors (Lipinski definition) is 4. The van der Waals surface area contributed by atoms with Crippen LogP contribution in [0.4, 0.5) is 16.2 Å². The molecule has 6 nitrogen and oxygen atoms in total. The van der Waals surface area contributed by atoms with Gasteiger partial charge in [0.05, 0.1) is 15.2 Å². The van der Waals surface area contributed by atoms with E-state index in [4.69, 9.17) is 0 Å². The van der Waals surface area contributed by atoms with Crippen LogP contribution in [0.2, 0.25) is 0 Å². The fourth-order valence-electron chi connectivity index (χ4n) is 2.30. The summed E-state index contributed by atoms with van der Waals surface area (Å²) in [6.45, 7) is 0. The topological polar surface area (TPSA) is 83.1 Å². The van der Waals surface area contributed by atoms with Crippen LogP contribution in [0, 0.1) is 0 Å². The zero-order valence-electron chi connectivity index (χ0n) is 13.7. The summed E-state index contributed by atoms with van der Waals surface area (Å²) in [5.74, 6) is -0.0636. The number of rotatable bonds is 5. The van der Waals surface area contributed by atoms with Crippen molar-refractivity contribution < 1.29 is 9.59 Å². The highest BCUT2D eigenvalue weighted by atomic mass is 32.1. The van der Waals surface area contributed by atoms with Crippen LogP contribution in [0.5, 0.6) is 0 Å². The van der Waals surface area contributed by atoms with Gasteiger partial charge in [0.2, 0.25) is 5.91 Å². The number of nitrogens with zero attached hydrogens (tertiary/aromatic N) is 1. The molecule has 25 heavy (non-hydrogen) atoms. The predicted molar refractivity (Wildman–Crippen MR) is 101 cm³/mol. The van der Waals surface area contributed by atoms with Crippen molar-refractivity contribution in [3.8, 4) is 0 Å². The molecule has 3 amide bonds. The summed E-state index contributed by atoms with van der Waals surface area (Å²) in [5, 5.41) is 8.95. The number of thiazole rings is 1. The Bertz CT molecular complexity index is 856. The van der Waals surface area contributed by atoms with Crippen LogP contribution >= 0.6 is 11.3 Å².